The van der Waals surface area contributed by atoms with E-state index in [-0.39, 0.29) is 16.8 Å². The molecule has 4 fully saturated rings. The van der Waals surface area contributed by atoms with Gasteiger partial charge in [0.25, 0.3) is 0 Å². The number of rotatable bonds is 5. The summed E-state index contributed by atoms with van der Waals surface area (Å²) in [4.78, 5) is 13.1. The lowest BCUT2D eigenvalue weighted by atomic mass is 9.79. The highest BCUT2D eigenvalue weighted by Crippen LogP contribution is 2.58. The summed E-state index contributed by atoms with van der Waals surface area (Å²) in [7, 11) is -3.87. The molecule has 0 saturated heterocycles. The van der Waals surface area contributed by atoms with Crippen molar-refractivity contribution in [2.75, 3.05) is 0 Å². The summed E-state index contributed by atoms with van der Waals surface area (Å²) in [5.41, 5.74) is -0.763. The Balaban J connectivity index is 1.49. The minimum atomic E-state index is -3.87. The molecule has 0 heterocycles. The second kappa shape index (κ2) is 6.46. The Morgan fingerprint density at radius 2 is 1.85 bits per heavy atom. The minimum absolute atomic E-state index is 0.106. The standard InChI is InChI=1S/C20H27ClN2O3S/c1-11-16(21)5-4-6-17(11)27(25,26)23-20(2,3)19(24)22-18-14-8-12-7-13(10-14)15(18)9-12/h4-6,12-15,18,23H,7-10H2,1-3H3,(H,22,24)/t12?,13?,14?,15-,18?/m0/s1. The van der Waals surface area contributed by atoms with E-state index in [4.69, 9.17) is 11.6 Å². The average molecular weight is 411 g/mol. The lowest BCUT2D eigenvalue weighted by Gasteiger charge is -2.35. The molecule has 0 aromatic heterocycles. The first kappa shape index (κ1) is 19.2. The molecule has 0 radical (unpaired) electrons. The first-order valence-electron chi connectivity index (χ1n) is 9.68. The zero-order valence-corrected chi connectivity index (χ0v) is 17.5. The molecule has 4 saturated carbocycles. The summed E-state index contributed by atoms with van der Waals surface area (Å²) in [6.07, 6.45) is 4.92. The van der Waals surface area contributed by atoms with Crippen molar-refractivity contribution in [1.82, 2.24) is 10.0 Å². The SMILES string of the molecule is Cc1c(Cl)cccc1S(=O)(=O)NC(C)(C)C(=O)NC1C2CC3CC(C2)[C@@H]1C3. The van der Waals surface area contributed by atoms with Crippen LogP contribution < -0.4 is 10.0 Å². The lowest BCUT2D eigenvalue weighted by molar-refractivity contribution is -0.127. The van der Waals surface area contributed by atoms with Crippen molar-refractivity contribution in [3.05, 3.63) is 28.8 Å². The first-order chi connectivity index (χ1) is 12.6. The number of hydrogen-bond acceptors (Lipinski definition) is 3. The molecule has 148 valence electrons. The van der Waals surface area contributed by atoms with E-state index in [2.05, 4.69) is 10.0 Å². The van der Waals surface area contributed by atoms with Crippen LogP contribution in [-0.4, -0.2) is 25.9 Å². The maximum Gasteiger partial charge on any atom is 0.241 e. The van der Waals surface area contributed by atoms with Crippen LogP contribution in [-0.2, 0) is 14.8 Å². The third-order valence-corrected chi connectivity index (χ3v) is 9.03. The van der Waals surface area contributed by atoms with Crippen molar-refractivity contribution in [2.24, 2.45) is 23.7 Å². The Morgan fingerprint density at radius 1 is 1.15 bits per heavy atom. The van der Waals surface area contributed by atoms with Gasteiger partial charge in [-0.1, -0.05) is 17.7 Å². The Bertz CT molecular complexity index is 879. The largest absolute Gasteiger partial charge is 0.351 e. The van der Waals surface area contributed by atoms with Gasteiger partial charge in [0.1, 0.15) is 5.54 Å². The summed E-state index contributed by atoms with van der Waals surface area (Å²) in [5, 5.41) is 3.57. The van der Waals surface area contributed by atoms with Gasteiger partial charge in [-0.25, -0.2) is 8.42 Å². The predicted molar refractivity (Wildman–Crippen MR) is 105 cm³/mol. The molecule has 5 nitrogen and oxygen atoms in total. The molecular formula is C20H27ClN2O3S. The van der Waals surface area contributed by atoms with Crippen molar-refractivity contribution in [1.29, 1.82) is 0 Å². The zero-order chi connectivity index (χ0) is 19.6. The maximum absolute atomic E-state index is 13.0. The van der Waals surface area contributed by atoms with E-state index in [1.807, 2.05) is 0 Å². The van der Waals surface area contributed by atoms with Crippen LogP contribution in [0.3, 0.4) is 0 Å². The van der Waals surface area contributed by atoms with E-state index in [1.54, 1.807) is 32.9 Å². The first-order valence-corrected chi connectivity index (χ1v) is 11.5. The fourth-order valence-corrected chi connectivity index (χ4v) is 7.48. The smallest absolute Gasteiger partial charge is 0.241 e. The molecule has 5 atom stereocenters. The predicted octanol–water partition coefficient (Wildman–Crippen LogP) is 3.26. The van der Waals surface area contributed by atoms with Crippen molar-refractivity contribution in [3.63, 3.8) is 0 Å². The number of carbonyl (C=O) groups excluding carboxylic acids is 1. The van der Waals surface area contributed by atoms with E-state index in [1.165, 1.54) is 31.7 Å². The van der Waals surface area contributed by atoms with Crippen LogP contribution in [0.2, 0.25) is 5.02 Å². The highest BCUT2D eigenvalue weighted by Gasteiger charge is 2.54. The topological polar surface area (TPSA) is 75.3 Å². The van der Waals surface area contributed by atoms with Gasteiger partial charge >= 0.3 is 0 Å². The molecule has 7 heteroatoms. The minimum Gasteiger partial charge on any atom is -0.351 e. The number of nitrogens with one attached hydrogen (secondary N) is 2. The van der Waals surface area contributed by atoms with Crippen molar-refractivity contribution < 1.29 is 13.2 Å². The summed E-state index contributed by atoms with van der Waals surface area (Å²) in [6.45, 7) is 4.89. The summed E-state index contributed by atoms with van der Waals surface area (Å²) < 4.78 is 28.3. The molecule has 1 aromatic rings. The van der Waals surface area contributed by atoms with Gasteiger partial charge in [0.2, 0.25) is 15.9 Å². The van der Waals surface area contributed by atoms with E-state index in [0.717, 1.165) is 11.8 Å². The van der Waals surface area contributed by atoms with E-state index in [0.29, 0.717) is 22.4 Å². The van der Waals surface area contributed by atoms with Gasteiger partial charge in [0, 0.05) is 11.1 Å². The number of benzene rings is 1. The van der Waals surface area contributed by atoms with Gasteiger partial charge in [0.05, 0.1) is 4.90 Å². The van der Waals surface area contributed by atoms with Gasteiger partial charge in [-0.05, 0) is 87.8 Å². The molecule has 1 amide bonds. The summed E-state index contributed by atoms with van der Waals surface area (Å²) in [6, 6.07) is 4.95. The van der Waals surface area contributed by atoms with Crippen LogP contribution in [0.15, 0.2) is 23.1 Å². The van der Waals surface area contributed by atoms with Crippen LogP contribution in [0.5, 0.6) is 0 Å². The van der Waals surface area contributed by atoms with E-state index >= 15 is 0 Å². The quantitative estimate of drug-likeness (QED) is 0.782. The molecule has 4 aliphatic rings. The zero-order valence-electron chi connectivity index (χ0n) is 16.0. The van der Waals surface area contributed by atoms with Gasteiger partial charge in [-0.3, -0.25) is 4.79 Å². The van der Waals surface area contributed by atoms with Gasteiger partial charge < -0.3 is 5.32 Å². The molecular weight excluding hydrogens is 384 g/mol. The van der Waals surface area contributed by atoms with Crippen LogP contribution >= 0.6 is 11.6 Å². The second-order valence-electron chi connectivity index (χ2n) is 9.09. The highest BCUT2D eigenvalue weighted by molar-refractivity contribution is 7.89. The molecule has 0 aliphatic heterocycles. The van der Waals surface area contributed by atoms with Gasteiger partial charge in [-0.2, -0.15) is 4.72 Å². The Kier molecular flexibility index (Phi) is 4.60. The second-order valence-corrected chi connectivity index (χ2v) is 11.1. The van der Waals surface area contributed by atoms with Crippen LogP contribution in [0, 0.1) is 30.6 Å². The third-order valence-electron chi connectivity index (χ3n) is 6.82. The van der Waals surface area contributed by atoms with Crippen LogP contribution in [0.1, 0.15) is 45.1 Å². The van der Waals surface area contributed by atoms with Gasteiger partial charge in [0.15, 0.2) is 0 Å². The molecule has 27 heavy (non-hydrogen) atoms. The molecule has 4 unspecified atom stereocenters. The molecule has 4 aliphatic carbocycles. The third kappa shape index (κ3) is 3.30. The maximum atomic E-state index is 13.0. The lowest BCUT2D eigenvalue weighted by Crippen LogP contribution is -2.58. The molecule has 4 bridgehead atoms. The number of amides is 1. The Morgan fingerprint density at radius 3 is 2.56 bits per heavy atom. The van der Waals surface area contributed by atoms with Crippen LogP contribution in [0.25, 0.3) is 0 Å². The molecule has 5 rings (SSSR count). The molecule has 0 spiro atoms. The van der Waals surface area contributed by atoms with Crippen molar-refractivity contribution >= 4 is 27.5 Å². The van der Waals surface area contributed by atoms with Gasteiger partial charge in [-0.15, -0.1) is 0 Å². The molecule has 2 N–H and O–H groups in total. The van der Waals surface area contributed by atoms with E-state index in [9.17, 15) is 13.2 Å². The number of sulfonamides is 1. The number of hydrogen-bond donors (Lipinski definition) is 2. The van der Waals surface area contributed by atoms with E-state index < -0.39 is 15.6 Å². The average Bonchev–Trinajstić information content (AvgIpc) is 2.98. The summed E-state index contributed by atoms with van der Waals surface area (Å²) in [5.74, 6) is 2.45. The number of carbonyl (C=O) groups is 1. The summed E-state index contributed by atoms with van der Waals surface area (Å²) >= 11 is 6.07. The van der Waals surface area contributed by atoms with Crippen LogP contribution in [0.4, 0.5) is 0 Å². The normalized spacial score (nSPS) is 32.1. The highest BCUT2D eigenvalue weighted by atomic mass is 35.5. The fourth-order valence-electron chi connectivity index (χ4n) is 5.61. The van der Waals surface area contributed by atoms with Crippen molar-refractivity contribution in [3.8, 4) is 0 Å². The monoisotopic (exact) mass is 410 g/mol. The van der Waals surface area contributed by atoms with Crippen molar-refractivity contribution in [2.45, 2.75) is 62.9 Å². The Hall–Kier alpha value is -1.11. The Labute approximate surface area is 166 Å². The molecule has 1 aromatic carbocycles. The fraction of sp³-hybridized carbons (Fsp3) is 0.650. The number of halogens is 1.